The lowest BCUT2D eigenvalue weighted by Gasteiger charge is -2.02. The van der Waals surface area contributed by atoms with E-state index in [4.69, 9.17) is 14.4 Å². The Hall–Kier alpha value is -2.28. The van der Waals surface area contributed by atoms with Gasteiger partial charge in [0, 0.05) is 0 Å². The third-order valence-electron chi connectivity index (χ3n) is 2.42. The molecule has 0 radical (unpaired) electrons. The van der Waals surface area contributed by atoms with Gasteiger partial charge < -0.3 is 9.15 Å². The van der Waals surface area contributed by atoms with E-state index in [9.17, 15) is 0 Å². The lowest BCUT2D eigenvalue weighted by Crippen LogP contribution is -1.95. The van der Waals surface area contributed by atoms with Crippen molar-refractivity contribution >= 4 is 0 Å². The van der Waals surface area contributed by atoms with Crippen LogP contribution in [-0.2, 0) is 6.61 Å². The van der Waals surface area contributed by atoms with E-state index in [1.54, 1.807) is 24.3 Å². The third kappa shape index (κ3) is 2.64. The zero-order valence-electron chi connectivity index (χ0n) is 9.73. The van der Waals surface area contributed by atoms with E-state index in [1.807, 2.05) is 13.8 Å². The van der Waals surface area contributed by atoms with Crippen molar-refractivity contribution in [2.45, 2.75) is 20.5 Å². The number of ether oxygens (including phenoxy) is 1. The second-order valence-electron chi connectivity index (χ2n) is 3.67. The van der Waals surface area contributed by atoms with Crippen molar-refractivity contribution in [1.82, 2.24) is 4.98 Å². The molecule has 0 atom stereocenters. The van der Waals surface area contributed by atoms with Crippen LogP contribution in [0.1, 0.15) is 22.9 Å². The summed E-state index contributed by atoms with van der Waals surface area (Å²) in [6.45, 7) is 4.05. The number of oxazole rings is 1. The predicted octanol–water partition coefficient (Wildman–Crippen LogP) is 2.74. The van der Waals surface area contributed by atoms with E-state index < -0.39 is 0 Å². The number of hydrogen-bond donors (Lipinski definition) is 0. The minimum absolute atomic E-state index is 0.292. The summed E-state index contributed by atoms with van der Waals surface area (Å²) < 4.78 is 10.9. The minimum atomic E-state index is 0.292. The van der Waals surface area contributed by atoms with Crippen molar-refractivity contribution in [3.63, 3.8) is 0 Å². The third-order valence-corrected chi connectivity index (χ3v) is 2.42. The molecule has 0 unspecified atom stereocenters. The molecular formula is C13H12N2O2. The number of benzene rings is 1. The molecular weight excluding hydrogens is 216 g/mol. The largest absolute Gasteiger partial charge is 0.484 e. The van der Waals surface area contributed by atoms with Crippen molar-refractivity contribution in [2.24, 2.45) is 0 Å². The number of aromatic nitrogens is 1. The van der Waals surface area contributed by atoms with Crippen LogP contribution in [0.4, 0.5) is 0 Å². The van der Waals surface area contributed by atoms with Crippen LogP contribution >= 0.6 is 0 Å². The minimum Gasteiger partial charge on any atom is -0.484 e. The molecule has 0 aliphatic rings. The van der Waals surface area contributed by atoms with E-state index in [0.29, 0.717) is 23.8 Å². The number of nitrogens with zero attached hydrogens (tertiary/aromatic N) is 2. The molecule has 0 fully saturated rings. The number of aryl methyl sites for hydroxylation is 2. The Kier molecular flexibility index (Phi) is 3.10. The Morgan fingerprint density at radius 3 is 2.53 bits per heavy atom. The van der Waals surface area contributed by atoms with Crippen LogP contribution in [0.25, 0.3) is 0 Å². The zero-order valence-corrected chi connectivity index (χ0v) is 9.73. The van der Waals surface area contributed by atoms with Gasteiger partial charge in [-0.2, -0.15) is 5.26 Å². The monoisotopic (exact) mass is 228 g/mol. The van der Waals surface area contributed by atoms with E-state index >= 15 is 0 Å². The molecule has 0 aliphatic heterocycles. The summed E-state index contributed by atoms with van der Waals surface area (Å²) in [5.74, 6) is 2.06. The molecule has 0 saturated carbocycles. The summed E-state index contributed by atoms with van der Waals surface area (Å²) in [6.07, 6.45) is 0. The first kappa shape index (κ1) is 11.2. The maximum Gasteiger partial charge on any atom is 0.232 e. The zero-order chi connectivity index (χ0) is 12.3. The fourth-order valence-corrected chi connectivity index (χ4v) is 1.37. The van der Waals surface area contributed by atoms with Crippen LogP contribution in [0.5, 0.6) is 5.75 Å². The van der Waals surface area contributed by atoms with Gasteiger partial charge in [-0.1, -0.05) is 0 Å². The molecule has 0 N–H and O–H groups in total. The first-order valence-corrected chi connectivity index (χ1v) is 5.25. The first-order valence-electron chi connectivity index (χ1n) is 5.25. The highest BCUT2D eigenvalue weighted by Gasteiger charge is 2.05. The lowest BCUT2D eigenvalue weighted by molar-refractivity contribution is 0.260. The molecule has 0 amide bonds. The van der Waals surface area contributed by atoms with Gasteiger partial charge >= 0.3 is 0 Å². The Balaban J connectivity index is 2.00. The summed E-state index contributed by atoms with van der Waals surface area (Å²) in [5, 5.41) is 8.65. The molecule has 0 bridgehead atoms. The van der Waals surface area contributed by atoms with Crippen LogP contribution in [-0.4, -0.2) is 4.98 Å². The van der Waals surface area contributed by atoms with E-state index in [2.05, 4.69) is 11.1 Å². The SMILES string of the molecule is Cc1nc(COc2ccc(C#N)cc2)oc1C. The van der Waals surface area contributed by atoms with Crippen LogP contribution < -0.4 is 4.74 Å². The van der Waals surface area contributed by atoms with Gasteiger partial charge in [0.2, 0.25) is 5.89 Å². The molecule has 17 heavy (non-hydrogen) atoms. The Labute approximate surface area is 99.5 Å². The van der Waals surface area contributed by atoms with Crippen molar-refractivity contribution in [3.8, 4) is 11.8 Å². The Morgan fingerprint density at radius 1 is 1.29 bits per heavy atom. The van der Waals surface area contributed by atoms with E-state index in [-0.39, 0.29) is 0 Å². The van der Waals surface area contributed by atoms with Gasteiger partial charge in [0.15, 0.2) is 6.61 Å². The first-order chi connectivity index (χ1) is 8.19. The molecule has 4 nitrogen and oxygen atoms in total. The topological polar surface area (TPSA) is 59.0 Å². The van der Waals surface area contributed by atoms with Crippen LogP contribution in [0.3, 0.4) is 0 Å². The maximum absolute atomic E-state index is 8.65. The molecule has 0 aliphatic carbocycles. The summed E-state index contributed by atoms with van der Waals surface area (Å²) in [5.41, 5.74) is 1.49. The fraction of sp³-hybridized carbons (Fsp3) is 0.231. The van der Waals surface area contributed by atoms with Gasteiger partial charge in [-0.25, -0.2) is 4.98 Å². The summed E-state index contributed by atoms with van der Waals surface area (Å²) in [7, 11) is 0. The lowest BCUT2D eigenvalue weighted by atomic mass is 10.2. The predicted molar refractivity (Wildman–Crippen MR) is 61.5 cm³/mol. The van der Waals surface area contributed by atoms with Gasteiger partial charge in [-0.3, -0.25) is 0 Å². The van der Waals surface area contributed by atoms with Crippen LogP contribution in [0, 0.1) is 25.2 Å². The average Bonchev–Trinajstić information content (AvgIpc) is 2.67. The summed E-state index contributed by atoms with van der Waals surface area (Å²) in [6, 6.07) is 8.97. The van der Waals surface area contributed by atoms with Gasteiger partial charge in [0.25, 0.3) is 0 Å². The maximum atomic E-state index is 8.65. The summed E-state index contributed by atoms with van der Waals surface area (Å²) >= 11 is 0. The van der Waals surface area contributed by atoms with Crippen molar-refractivity contribution in [2.75, 3.05) is 0 Å². The molecule has 4 heteroatoms. The number of hydrogen-bond acceptors (Lipinski definition) is 4. The molecule has 0 saturated heterocycles. The molecule has 1 aromatic heterocycles. The Morgan fingerprint density at radius 2 is 2.00 bits per heavy atom. The van der Waals surface area contributed by atoms with Gasteiger partial charge in [0.05, 0.1) is 17.3 Å². The molecule has 1 aromatic carbocycles. The van der Waals surface area contributed by atoms with Crippen LogP contribution in [0.2, 0.25) is 0 Å². The number of nitriles is 1. The van der Waals surface area contributed by atoms with Gasteiger partial charge in [-0.05, 0) is 38.1 Å². The van der Waals surface area contributed by atoms with Crippen LogP contribution in [0.15, 0.2) is 28.7 Å². The fourth-order valence-electron chi connectivity index (χ4n) is 1.37. The Bertz CT molecular complexity index is 530. The molecule has 2 aromatic rings. The highest BCUT2D eigenvalue weighted by molar-refractivity contribution is 5.34. The highest BCUT2D eigenvalue weighted by atomic mass is 16.5. The number of rotatable bonds is 3. The summed E-state index contributed by atoms with van der Waals surface area (Å²) in [4.78, 5) is 4.21. The van der Waals surface area contributed by atoms with Crippen molar-refractivity contribution in [1.29, 1.82) is 5.26 Å². The van der Waals surface area contributed by atoms with E-state index in [1.165, 1.54) is 0 Å². The molecule has 1 heterocycles. The molecule has 86 valence electrons. The van der Waals surface area contributed by atoms with E-state index in [0.717, 1.165) is 11.5 Å². The standard InChI is InChI=1S/C13H12N2O2/c1-9-10(2)17-13(15-9)8-16-12-5-3-11(7-14)4-6-12/h3-6H,8H2,1-2H3. The normalized spacial score (nSPS) is 9.94. The molecule has 2 rings (SSSR count). The molecule has 0 spiro atoms. The second-order valence-corrected chi connectivity index (χ2v) is 3.67. The smallest absolute Gasteiger partial charge is 0.232 e. The quantitative estimate of drug-likeness (QED) is 0.810. The highest BCUT2D eigenvalue weighted by Crippen LogP contribution is 2.15. The van der Waals surface area contributed by atoms with Crippen molar-refractivity contribution in [3.05, 3.63) is 47.2 Å². The van der Waals surface area contributed by atoms with Gasteiger partial charge in [0.1, 0.15) is 11.5 Å². The van der Waals surface area contributed by atoms with Crippen molar-refractivity contribution < 1.29 is 9.15 Å². The van der Waals surface area contributed by atoms with Gasteiger partial charge in [-0.15, -0.1) is 0 Å². The second kappa shape index (κ2) is 4.71. The average molecular weight is 228 g/mol.